The van der Waals surface area contributed by atoms with Gasteiger partial charge in [0.05, 0.1) is 30.2 Å². The van der Waals surface area contributed by atoms with Gasteiger partial charge in [-0.1, -0.05) is 43.3 Å². The first-order chi connectivity index (χ1) is 17.4. The molecular weight excluding hydrogens is 569 g/mol. The van der Waals surface area contributed by atoms with Gasteiger partial charge in [0, 0.05) is 28.5 Å². The molecule has 0 bridgehead atoms. The summed E-state index contributed by atoms with van der Waals surface area (Å²) in [6.45, 7) is 2.07. The SMILES string of the molecule is CCc1nn(CC(=O)N[C@@H](Cc2ccccc2)C(=O)N(C)c2ccc(OC)nc2)c2cccc(I)c12. The van der Waals surface area contributed by atoms with Crippen LogP contribution in [0.5, 0.6) is 5.88 Å². The minimum absolute atomic E-state index is 0.0168. The quantitative estimate of drug-likeness (QED) is 0.295. The maximum absolute atomic E-state index is 13.5. The highest BCUT2D eigenvalue weighted by atomic mass is 127. The summed E-state index contributed by atoms with van der Waals surface area (Å²) in [6, 6.07) is 18.3. The maximum atomic E-state index is 13.5. The zero-order valence-electron chi connectivity index (χ0n) is 20.4. The fourth-order valence-electron chi connectivity index (χ4n) is 4.11. The second-order valence-electron chi connectivity index (χ2n) is 8.36. The third-order valence-corrected chi connectivity index (χ3v) is 6.89. The molecule has 0 fully saturated rings. The standard InChI is InChI=1S/C27H28IN5O3/c1-4-21-26-20(28)11-8-12-23(26)33(31-21)17-24(34)30-22(15-18-9-6-5-7-10-18)27(35)32(2)19-13-14-25(36-3)29-16-19/h5-14,16,22H,4,15,17H2,1-3H3,(H,30,34)/t22-/m0/s1. The molecule has 4 aromatic rings. The molecule has 0 saturated heterocycles. The molecule has 0 radical (unpaired) electrons. The molecule has 2 aromatic carbocycles. The van der Waals surface area contributed by atoms with E-state index in [2.05, 4.69) is 38.0 Å². The molecule has 9 heteroatoms. The lowest BCUT2D eigenvalue weighted by Gasteiger charge is -2.25. The number of fused-ring (bicyclic) bond motifs is 1. The molecule has 0 aliphatic heterocycles. The lowest BCUT2D eigenvalue weighted by Crippen LogP contribution is -2.49. The maximum Gasteiger partial charge on any atom is 0.249 e. The molecule has 36 heavy (non-hydrogen) atoms. The Labute approximate surface area is 223 Å². The van der Waals surface area contributed by atoms with Crippen LogP contribution in [-0.2, 0) is 29.0 Å². The first kappa shape index (κ1) is 25.6. The van der Waals surface area contributed by atoms with Crippen LogP contribution in [0.3, 0.4) is 0 Å². The molecule has 0 saturated carbocycles. The van der Waals surface area contributed by atoms with Gasteiger partial charge in [-0.15, -0.1) is 0 Å². The molecule has 1 N–H and O–H groups in total. The zero-order valence-corrected chi connectivity index (χ0v) is 22.6. The van der Waals surface area contributed by atoms with E-state index in [1.165, 1.54) is 12.0 Å². The van der Waals surface area contributed by atoms with Crippen molar-refractivity contribution in [3.63, 3.8) is 0 Å². The smallest absolute Gasteiger partial charge is 0.249 e. The van der Waals surface area contributed by atoms with E-state index in [0.717, 1.165) is 32.2 Å². The minimum Gasteiger partial charge on any atom is -0.481 e. The van der Waals surface area contributed by atoms with Crippen molar-refractivity contribution in [1.29, 1.82) is 0 Å². The van der Waals surface area contributed by atoms with Crippen LogP contribution < -0.4 is 15.0 Å². The van der Waals surface area contributed by atoms with E-state index < -0.39 is 6.04 Å². The highest BCUT2D eigenvalue weighted by Gasteiger charge is 2.26. The van der Waals surface area contributed by atoms with Crippen molar-refractivity contribution >= 4 is 51.0 Å². The predicted molar refractivity (Wildman–Crippen MR) is 148 cm³/mol. The van der Waals surface area contributed by atoms with Gasteiger partial charge >= 0.3 is 0 Å². The number of methoxy groups -OCH3 is 1. The van der Waals surface area contributed by atoms with E-state index in [-0.39, 0.29) is 18.4 Å². The first-order valence-corrected chi connectivity index (χ1v) is 12.7. The number of nitrogens with zero attached hydrogens (tertiary/aromatic N) is 4. The summed E-state index contributed by atoms with van der Waals surface area (Å²) in [4.78, 5) is 32.4. The number of amides is 2. The number of aryl methyl sites for hydroxylation is 1. The van der Waals surface area contributed by atoms with Crippen LogP contribution >= 0.6 is 22.6 Å². The predicted octanol–water partition coefficient (Wildman–Crippen LogP) is 4.00. The van der Waals surface area contributed by atoms with Gasteiger partial charge in [-0.3, -0.25) is 14.3 Å². The normalized spacial score (nSPS) is 11.8. The van der Waals surface area contributed by atoms with Gasteiger partial charge in [-0.2, -0.15) is 5.10 Å². The molecular formula is C27H28IN5O3. The number of rotatable bonds is 9. The highest BCUT2D eigenvalue weighted by Crippen LogP contribution is 2.25. The fraction of sp³-hybridized carbons (Fsp3) is 0.259. The van der Waals surface area contributed by atoms with Crippen molar-refractivity contribution in [2.75, 3.05) is 19.1 Å². The molecule has 0 aliphatic carbocycles. The molecule has 8 nitrogen and oxygen atoms in total. The van der Waals surface area contributed by atoms with Crippen molar-refractivity contribution < 1.29 is 14.3 Å². The molecule has 4 rings (SSSR count). The van der Waals surface area contributed by atoms with E-state index >= 15 is 0 Å². The topological polar surface area (TPSA) is 89.4 Å². The van der Waals surface area contributed by atoms with Gasteiger partial charge in [0.1, 0.15) is 12.6 Å². The summed E-state index contributed by atoms with van der Waals surface area (Å²) in [6.07, 6.45) is 2.69. The Morgan fingerprint density at radius 3 is 2.56 bits per heavy atom. The summed E-state index contributed by atoms with van der Waals surface area (Å²) in [5.41, 5.74) is 3.41. The number of ether oxygens (including phenoxy) is 1. The minimum atomic E-state index is -0.764. The van der Waals surface area contributed by atoms with Crippen LogP contribution in [-0.4, -0.2) is 46.8 Å². The van der Waals surface area contributed by atoms with Crippen molar-refractivity contribution in [2.45, 2.75) is 32.4 Å². The van der Waals surface area contributed by atoms with Gasteiger partial charge in [0.15, 0.2) is 0 Å². The van der Waals surface area contributed by atoms with Crippen LogP contribution in [0.2, 0.25) is 0 Å². The van der Waals surface area contributed by atoms with Crippen molar-refractivity contribution in [2.24, 2.45) is 0 Å². The Hall–Kier alpha value is -3.47. The second kappa shape index (κ2) is 11.5. The highest BCUT2D eigenvalue weighted by molar-refractivity contribution is 14.1. The lowest BCUT2D eigenvalue weighted by atomic mass is 10.0. The van der Waals surface area contributed by atoms with E-state index in [4.69, 9.17) is 4.74 Å². The van der Waals surface area contributed by atoms with Crippen LogP contribution in [0, 0.1) is 3.57 Å². The average Bonchev–Trinajstić information content (AvgIpc) is 3.26. The molecule has 2 heterocycles. The molecule has 1 atom stereocenters. The van der Waals surface area contributed by atoms with Gasteiger partial charge in [0.2, 0.25) is 17.7 Å². The number of benzene rings is 2. The monoisotopic (exact) mass is 597 g/mol. The fourth-order valence-corrected chi connectivity index (χ4v) is 4.90. The van der Waals surface area contributed by atoms with E-state index in [0.29, 0.717) is 18.0 Å². The molecule has 186 valence electrons. The molecule has 0 aliphatic rings. The molecule has 2 amide bonds. The number of nitrogens with one attached hydrogen (secondary N) is 1. The lowest BCUT2D eigenvalue weighted by molar-refractivity contribution is -0.127. The zero-order chi connectivity index (χ0) is 25.7. The second-order valence-corrected chi connectivity index (χ2v) is 9.52. The third kappa shape index (κ3) is 5.67. The van der Waals surface area contributed by atoms with Crippen molar-refractivity contribution in [1.82, 2.24) is 20.1 Å². The molecule has 0 spiro atoms. The Kier molecular flexibility index (Phi) is 8.19. The van der Waals surface area contributed by atoms with E-state index in [1.807, 2.05) is 55.5 Å². The summed E-state index contributed by atoms with van der Waals surface area (Å²) < 4.78 is 7.93. The first-order valence-electron chi connectivity index (χ1n) is 11.7. The Balaban J connectivity index is 1.57. The number of aromatic nitrogens is 3. The Morgan fingerprint density at radius 1 is 1.11 bits per heavy atom. The molecule has 0 unspecified atom stereocenters. The number of hydrogen-bond acceptors (Lipinski definition) is 5. The number of likely N-dealkylation sites (N-methyl/N-ethyl adjacent to an activating group) is 1. The van der Waals surface area contributed by atoms with E-state index in [9.17, 15) is 9.59 Å². The average molecular weight is 597 g/mol. The summed E-state index contributed by atoms with van der Waals surface area (Å²) in [5, 5.41) is 8.70. The van der Waals surface area contributed by atoms with Gasteiger partial charge in [-0.05, 0) is 52.8 Å². The number of anilines is 1. The van der Waals surface area contributed by atoms with Crippen molar-refractivity contribution in [3.05, 3.63) is 81.7 Å². The van der Waals surface area contributed by atoms with Crippen LogP contribution in [0.1, 0.15) is 18.2 Å². The number of carbonyl (C=O) groups is 2. The van der Waals surface area contributed by atoms with E-state index in [1.54, 1.807) is 30.1 Å². The van der Waals surface area contributed by atoms with Crippen LogP contribution in [0.15, 0.2) is 66.9 Å². The number of carbonyl (C=O) groups excluding carboxylic acids is 2. The number of halogens is 1. The molecule has 2 aromatic heterocycles. The van der Waals surface area contributed by atoms with Crippen LogP contribution in [0.25, 0.3) is 10.9 Å². The Bertz CT molecular complexity index is 1360. The largest absolute Gasteiger partial charge is 0.481 e. The summed E-state index contributed by atoms with van der Waals surface area (Å²) in [7, 11) is 3.21. The Morgan fingerprint density at radius 2 is 1.89 bits per heavy atom. The van der Waals surface area contributed by atoms with Gasteiger partial charge < -0.3 is 15.0 Å². The number of pyridine rings is 1. The van der Waals surface area contributed by atoms with Gasteiger partial charge in [-0.25, -0.2) is 4.98 Å². The number of hydrogen-bond donors (Lipinski definition) is 1. The van der Waals surface area contributed by atoms with Crippen molar-refractivity contribution in [3.8, 4) is 5.88 Å². The van der Waals surface area contributed by atoms with Gasteiger partial charge in [0.25, 0.3) is 0 Å². The summed E-state index contributed by atoms with van der Waals surface area (Å²) >= 11 is 2.30. The summed E-state index contributed by atoms with van der Waals surface area (Å²) in [5.74, 6) is -0.0639. The van der Waals surface area contributed by atoms with Crippen LogP contribution in [0.4, 0.5) is 5.69 Å². The third-order valence-electron chi connectivity index (χ3n) is 5.99.